The number of rotatable bonds is 7. The number of pyridine rings is 1. The van der Waals surface area contributed by atoms with Crippen molar-refractivity contribution in [2.45, 2.75) is 37.9 Å². The van der Waals surface area contributed by atoms with Crippen LogP contribution in [0.1, 0.15) is 32.4 Å². The second-order valence-electron chi connectivity index (χ2n) is 8.05. The molecule has 3 atom stereocenters. The highest BCUT2D eigenvalue weighted by molar-refractivity contribution is 7.42. The molecule has 3 rings (SSSR count). The highest BCUT2D eigenvalue weighted by atomic mass is 31.1. The number of esters is 1. The number of carbonyl (C=O) groups excluding carboxylic acids is 1. The average Bonchev–Trinajstić information content (AvgIpc) is 2.80. The number of terminal acetylenes is 1. The summed E-state index contributed by atoms with van der Waals surface area (Å²) in [6.45, 7) is 4.84. The summed E-state index contributed by atoms with van der Waals surface area (Å²) < 4.78 is 31.4. The number of benzene rings is 2. The normalized spacial score (nSPS) is 14.1. The first kappa shape index (κ1) is 25.2. The standard InChI is InChI=1S/C26H23FNO5P/c1-5-26(17(4)29,34(31)32)25(30)33-24-21(18-11-13-20(27)14-12-18)15-22(28-23(24)16(2)3)19-9-7-6-8-10-19/h1,6-17,29H,2-4H3/p+1. The predicted octanol–water partition coefficient (Wildman–Crippen LogP) is 5.07. The van der Waals surface area contributed by atoms with E-state index in [1.807, 2.05) is 50.1 Å². The summed E-state index contributed by atoms with van der Waals surface area (Å²) in [6.07, 6.45) is 3.76. The Morgan fingerprint density at radius 1 is 1.12 bits per heavy atom. The molecule has 2 N–H and O–H groups in total. The van der Waals surface area contributed by atoms with Gasteiger partial charge in [-0.3, -0.25) is 0 Å². The summed E-state index contributed by atoms with van der Waals surface area (Å²) in [7, 11) is -3.34. The van der Waals surface area contributed by atoms with Gasteiger partial charge in [-0.1, -0.05) is 56.3 Å². The Balaban J connectivity index is 2.28. The molecule has 0 aliphatic heterocycles. The molecule has 0 amide bonds. The second-order valence-corrected chi connectivity index (χ2v) is 9.30. The summed E-state index contributed by atoms with van der Waals surface area (Å²) in [5.74, 6) is 0.0407. The predicted molar refractivity (Wildman–Crippen MR) is 128 cm³/mol. The Morgan fingerprint density at radius 2 is 1.74 bits per heavy atom. The number of aliphatic hydroxyl groups is 1. The number of halogens is 1. The van der Waals surface area contributed by atoms with Crippen LogP contribution in [0.3, 0.4) is 0 Å². The van der Waals surface area contributed by atoms with Crippen LogP contribution < -0.4 is 4.74 Å². The molecule has 3 aromatic rings. The van der Waals surface area contributed by atoms with Crippen LogP contribution in [-0.2, 0) is 9.36 Å². The summed E-state index contributed by atoms with van der Waals surface area (Å²) in [6, 6.07) is 16.6. The highest BCUT2D eigenvalue weighted by Crippen LogP contribution is 2.43. The monoisotopic (exact) mass is 480 g/mol. The maximum Gasteiger partial charge on any atom is 0.540 e. The smallest absolute Gasteiger partial charge is 0.419 e. The van der Waals surface area contributed by atoms with E-state index in [9.17, 15) is 23.7 Å². The van der Waals surface area contributed by atoms with Crippen molar-refractivity contribution in [1.82, 2.24) is 4.98 Å². The van der Waals surface area contributed by atoms with Gasteiger partial charge in [-0.15, -0.1) is 6.42 Å². The van der Waals surface area contributed by atoms with Crippen LogP contribution in [0.2, 0.25) is 0 Å². The van der Waals surface area contributed by atoms with Crippen LogP contribution in [0.15, 0.2) is 60.7 Å². The summed E-state index contributed by atoms with van der Waals surface area (Å²) in [4.78, 5) is 27.7. The molecule has 8 heteroatoms. The van der Waals surface area contributed by atoms with Gasteiger partial charge >= 0.3 is 19.2 Å². The van der Waals surface area contributed by atoms with Crippen molar-refractivity contribution in [3.05, 3.63) is 72.2 Å². The van der Waals surface area contributed by atoms with Crippen molar-refractivity contribution in [3.8, 4) is 40.5 Å². The van der Waals surface area contributed by atoms with Crippen molar-refractivity contribution in [3.63, 3.8) is 0 Å². The number of nitrogens with zero attached hydrogens (tertiary/aromatic N) is 1. The minimum Gasteiger partial charge on any atom is -0.419 e. The maximum atomic E-state index is 13.6. The third kappa shape index (κ3) is 4.76. The molecule has 0 bridgehead atoms. The summed E-state index contributed by atoms with van der Waals surface area (Å²) >= 11 is 0. The van der Waals surface area contributed by atoms with Crippen LogP contribution >= 0.6 is 8.03 Å². The van der Waals surface area contributed by atoms with Crippen LogP contribution in [0.5, 0.6) is 5.75 Å². The Morgan fingerprint density at radius 3 is 2.24 bits per heavy atom. The third-order valence-corrected chi connectivity index (χ3v) is 6.69. The van der Waals surface area contributed by atoms with E-state index >= 15 is 0 Å². The largest absolute Gasteiger partial charge is 0.540 e. The molecule has 0 spiro atoms. The van der Waals surface area contributed by atoms with E-state index in [0.29, 0.717) is 22.5 Å². The highest BCUT2D eigenvalue weighted by Gasteiger charge is 2.62. The van der Waals surface area contributed by atoms with Crippen molar-refractivity contribution < 1.29 is 28.5 Å². The molecule has 34 heavy (non-hydrogen) atoms. The molecular formula is C26H24FNO5P+. The lowest BCUT2D eigenvalue weighted by Gasteiger charge is -2.22. The van der Waals surface area contributed by atoms with Crippen molar-refractivity contribution in [2.75, 3.05) is 0 Å². The van der Waals surface area contributed by atoms with Crippen LogP contribution in [0.25, 0.3) is 22.4 Å². The first-order valence-corrected chi connectivity index (χ1v) is 11.7. The van der Waals surface area contributed by atoms with E-state index in [4.69, 9.17) is 16.1 Å². The molecule has 0 aliphatic carbocycles. The van der Waals surface area contributed by atoms with E-state index in [1.54, 1.807) is 6.07 Å². The number of ether oxygens (including phenoxy) is 1. The Kier molecular flexibility index (Phi) is 7.58. The van der Waals surface area contributed by atoms with Gasteiger partial charge in [0.25, 0.3) is 0 Å². The molecule has 0 saturated heterocycles. The van der Waals surface area contributed by atoms with Crippen molar-refractivity contribution >= 4 is 14.0 Å². The lowest BCUT2D eigenvalue weighted by atomic mass is 9.97. The fourth-order valence-corrected chi connectivity index (χ4v) is 4.10. The zero-order valence-electron chi connectivity index (χ0n) is 18.9. The van der Waals surface area contributed by atoms with Gasteiger partial charge in [-0.05, 0) is 47.1 Å². The molecule has 3 unspecified atom stereocenters. The van der Waals surface area contributed by atoms with Crippen LogP contribution in [-0.4, -0.2) is 32.2 Å². The van der Waals surface area contributed by atoms with Gasteiger partial charge in [-0.2, -0.15) is 4.89 Å². The van der Waals surface area contributed by atoms with E-state index < -0.39 is 31.1 Å². The molecule has 0 fully saturated rings. The minimum atomic E-state index is -3.34. The van der Waals surface area contributed by atoms with Gasteiger partial charge in [0.15, 0.2) is 5.75 Å². The topological polar surface area (TPSA) is 96.7 Å². The molecule has 1 heterocycles. The Hall–Kier alpha value is -3.43. The number of aromatic nitrogens is 1. The van der Waals surface area contributed by atoms with Crippen LogP contribution in [0.4, 0.5) is 4.39 Å². The molecule has 1 aromatic heterocycles. The Labute approximate surface area is 198 Å². The Bertz CT molecular complexity index is 1250. The van der Waals surface area contributed by atoms with E-state index in [0.717, 1.165) is 12.5 Å². The van der Waals surface area contributed by atoms with Crippen LogP contribution in [0, 0.1) is 18.2 Å². The lowest BCUT2D eigenvalue weighted by Crippen LogP contribution is -2.46. The van der Waals surface area contributed by atoms with Gasteiger partial charge in [0.1, 0.15) is 11.9 Å². The maximum absolute atomic E-state index is 13.6. The molecule has 6 nitrogen and oxygen atoms in total. The average molecular weight is 480 g/mol. The number of aliphatic hydroxyl groups excluding tert-OH is 1. The zero-order chi connectivity index (χ0) is 25.0. The fraction of sp³-hybridized carbons (Fsp3) is 0.231. The van der Waals surface area contributed by atoms with Gasteiger partial charge in [0, 0.05) is 11.1 Å². The summed E-state index contributed by atoms with van der Waals surface area (Å²) in [5.41, 5.74) is 2.73. The number of hydrogen-bond donors (Lipinski definition) is 2. The molecule has 174 valence electrons. The molecule has 2 aromatic carbocycles. The number of hydrogen-bond acceptors (Lipinski definition) is 5. The minimum absolute atomic E-state index is 0.0171. The lowest BCUT2D eigenvalue weighted by molar-refractivity contribution is -0.138. The molecule has 0 aliphatic rings. The first-order chi connectivity index (χ1) is 16.1. The molecular weight excluding hydrogens is 456 g/mol. The van der Waals surface area contributed by atoms with Gasteiger partial charge in [-0.25, -0.2) is 14.2 Å². The number of carbonyl (C=O) groups is 1. The van der Waals surface area contributed by atoms with Gasteiger partial charge < -0.3 is 9.84 Å². The molecule has 0 saturated carbocycles. The first-order valence-electron chi connectivity index (χ1n) is 10.5. The molecule has 0 radical (unpaired) electrons. The van der Waals surface area contributed by atoms with E-state index in [2.05, 4.69) is 0 Å². The third-order valence-electron chi connectivity index (χ3n) is 5.40. The van der Waals surface area contributed by atoms with Crippen molar-refractivity contribution in [1.29, 1.82) is 0 Å². The SMILES string of the molecule is C#CC(C(=O)Oc1c(-c2ccc(F)cc2)cc(-c2ccccc2)nc1C(C)C)(C(C)O)[P+](=O)O. The zero-order valence-corrected chi connectivity index (χ0v) is 19.8. The van der Waals surface area contributed by atoms with Gasteiger partial charge in [0.05, 0.1) is 11.4 Å². The summed E-state index contributed by atoms with van der Waals surface area (Å²) in [5, 5.41) is 7.65. The fourth-order valence-electron chi connectivity index (χ4n) is 3.47. The van der Waals surface area contributed by atoms with Crippen molar-refractivity contribution in [2.24, 2.45) is 0 Å². The van der Waals surface area contributed by atoms with Gasteiger partial charge in [0.2, 0.25) is 0 Å². The van der Waals surface area contributed by atoms with E-state index in [-0.39, 0.29) is 11.7 Å². The van der Waals surface area contributed by atoms with E-state index in [1.165, 1.54) is 24.3 Å². The quantitative estimate of drug-likeness (QED) is 0.278. The second kappa shape index (κ2) is 10.2.